The molecular weight excluding hydrogens is 420 g/mol. The second-order valence-electron chi connectivity index (χ2n) is 8.99. The zero-order chi connectivity index (χ0) is 23.4. The predicted molar refractivity (Wildman–Crippen MR) is 127 cm³/mol. The number of para-hydroxylation sites is 1. The molecule has 0 spiro atoms. The molecule has 4 rings (SSSR count). The highest BCUT2D eigenvalue weighted by Gasteiger charge is 2.49. The summed E-state index contributed by atoms with van der Waals surface area (Å²) in [5.41, 5.74) is 1.01. The molecule has 0 aromatic heterocycles. The zero-order valence-corrected chi connectivity index (χ0v) is 19.7. The summed E-state index contributed by atoms with van der Waals surface area (Å²) in [6, 6.07) is 13.2. The Labute approximate surface area is 195 Å². The summed E-state index contributed by atoms with van der Waals surface area (Å²) in [5.74, 6) is 1.63. The summed E-state index contributed by atoms with van der Waals surface area (Å²) in [4.78, 5) is 15.1. The van der Waals surface area contributed by atoms with Gasteiger partial charge < -0.3 is 24.6 Å². The predicted octanol–water partition coefficient (Wildman–Crippen LogP) is 4.02. The van der Waals surface area contributed by atoms with Gasteiger partial charge in [0.2, 0.25) is 11.7 Å². The van der Waals surface area contributed by atoms with Crippen molar-refractivity contribution < 1.29 is 24.1 Å². The number of piperidine rings is 1. The Hall–Kier alpha value is -2.77. The van der Waals surface area contributed by atoms with Crippen LogP contribution in [0, 0.1) is 5.92 Å². The van der Waals surface area contributed by atoms with Crippen LogP contribution in [0.1, 0.15) is 43.7 Å². The minimum Gasteiger partial charge on any atom is -0.493 e. The van der Waals surface area contributed by atoms with Crippen LogP contribution in [-0.2, 0) is 4.79 Å². The Kier molecular flexibility index (Phi) is 7.10. The van der Waals surface area contributed by atoms with Crippen LogP contribution in [0.15, 0.2) is 42.5 Å². The van der Waals surface area contributed by atoms with Crippen molar-refractivity contribution in [2.75, 3.05) is 39.7 Å². The number of fused-ring (bicyclic) bond motifs is 1. The molecule has 2 fully saturated rings. The van der Waals surface area contributed by atoms with E-state index in [0.29, 0.717) is 30.2 Å². The van der Waals surface area contributed by atoms with Crippen molar-refractivity contribution in [1.82, 2.24) is 4.90 Å². The van der Waals surface area contributed by atoms with Crippen molar-refractivity contribution in [2.24, 2.45) is 5.92 Å². The first-order valence-corrected chi connectivity index (χ1v) is 11.6. The van der Waals surface area contributed by atoms with E-state index in [1.54, 1.807) is 21.3 Å². The van der Waals surface area contributed by atoms with E-state index in [4.69, 9.17) is 14.2 Å². The van der Waals surface area contributed by atoms with E-state index < -0.39 is 5.60 Å². The smallest absolute Gasteiger partial charge is 0.238 e. The van der Waals surface area contributed by atoms with E-state index in [2.05, 4.69) is 10.2 Å². The number of carbonyl (C=O) groups is 1. The fraction of sp³-hybridized carbons (Fsp3) is 0.500. The van der Waals surface area contributed by atoms with Crippen molar-refractivity contribution >= 4 is 11.6 Å². The Bertz CT molecular complexity index is 941. The molecule has 1 saturated heterocycles. The third kappa shape index (κ3) is 4.80. The summed E-state index contributed by atoms with van der Waals surface area (Å²) in [5, 5.41) is 14.5. The molecule has 1 aliphatic heterocycles. The van der Waals surface area contributed by atoms with Gasteiger partial charge in [0.15, 0.2) is 11.5 Å². The quantitative estimate of drug-likeness (QED) is 0.658. The average Bonchev–Trinajstić information content (AvgIpc) is 2.83. The highest BCUT2D eigenvalue weighted by Crippen LogP contribution is 2.51. The van der Waals surface area contributed by atoms with Crippen molar-refractivity contribution in [2.45, 2.75) is 43.7 Å². The van der Waals surface area contributed by atoms with Crippen LogP contribution in [0.25, 0.3) is 0 Å². The monoisotopic (exact) mass is 454 g/mol. The number of nitrogens with zero attached hydrogens (tertiary/aromatic N) is 1. The largest absolute Gasteiger partial charge is 0.493 e. The van der Waals surface area contributed by atoms with E-state index in [-0.39, 0.29) is 24.4 Å². The fourth-order valence-corrected chi connectivity index (χ4v) is 5.54. The van der Waals surface area contributed by atoms with Crippen LogP contribution < -0.4 is 19.5 Å². The van der Waals surface area contributed by atoms with Gasteiger partial charge in [0, 0.05) is 24.2 Å². The van der Waals surface area contributed by atoms with Gasteiger partial charge in [0.25, 0.3) is 0 Å². The molecule has 7 heteroatoms. The molecule has 3 atom stereocenters. The lowest BCUT2D eigenvalue weighted by atomic mass is 9.66. The number of methoxy groups -OCH3 is 3. The van der Waals surface area contributed by atoms with Crippen LogP contribution in [-0.4, -0.2) is 55.9 Å². The average molecular weight is 455 g/mol. The maximum Gasteiger partial charge on any atom is 0.238 e. The molecule has 1 heterocycles. The van der Waals surface area contributed by atoms with Gasteiger partial charge in [-0.05, 0) is 49.1 Å². The fourth-order valence-electron chi connectivity index (χ4n) is 5.54. The summed E-state index contributed by atoms with van der Waals surface area (Å²) in [6.45, 7) is 0.874. The summed E-state index contributed by atoms with van der Waals surface area (Å²) in [7, 11) is 4.79. The third-order valence-electron chi connectivity index (χ3n) is 7.10. The van der Waals surface area contributed by atoms with Crippen LogP contribution in [0.3, 0.4) is 0 Å². The van der Waals surface area contributed by atoms with E-state index in [9.17, 15) is 9.90 Å². The highest BCUT2D eigenvalue weighted by molar-refractivity contribution is 5.92. The highest BCUT2D eigenvalue weighted by atomic mass is 16.5. The van der Waals surface area contributed by atoms with Crippen molar-refractivity contribution in [3.63, 3.8) is 0 Å². The molecule has 2 N–H and O–H groups in total. The molecule has 0 bridgehead atoms. The number of aliphatic hydroxyl groups is 1. The third-order valence-corrected chi connectivity index (χ3v) is 7.10. The number of amides is 1. The van der Waals surface area contributed by atoms with E-state index in [1.807, 2.05) is 42.5 Å². The standard InChI is InChI=1S/C26H34N2O5/c1-31-21-15-18(16-22(32-2)25(21)33-3)24-20-11-7-8-12-26(20,30)13-14-28(24)17-23(29)27-19-9-5-4-6-10-19/h4-6,9-10,15-16,20,24,30H,7-8,11-14,17H2,1-3H3,(H,27,29)/t20-,24-,26-/m0/s1. The lowest BCUT2D eigenvalue weighted by Crippen LogP contribution is -2.56. The number of nitrogens with one attached hydrogen (secondary N) is 1. The molecule has 2 aromatic rings. The van der Waals surface area contributed by atoms with Gasteiger partial charge in [0.05, 0.1) is 33.5 Å². The van der Waals surface area contributed by atoms with Gasteiger partial charge in [-0.15, -0.1) is 0 Å². The maximum atomic E-state index is 13.0. The van der Waals surface area contributed by atoms with Gasteiger partial charge in [-0.1, -0.05) is 31.0 Å². The van der Waals surface area contributed by atoms with Gasteiger partial charge in [-0.25, -0.2) is 0 Å². The maximum absolute atomic E-state index is 13.0. The Morgan fingerprint density at radius 2 is 1.76 bits per heavy atom. The van der Waals surface area contributed by atoms with Crippen LogP contribution in [0.4, 0.5) is 5.69 Å². The number of likely N-dealkylation sites (tertiary alicyclic amines) is 1. The zero-order valence-electron chi connectivity index (χ0n) is 19.7. The number of benzene rings is 2. The normalized spacial score (nSPS) is 25.1. The molecule has 0 radical (unpaired) electrons. The minimum atomic E-state index is -0.726. The van der Waals surface area contributed by atoms with Crippen molar-refractivity contribution in [1.29, 1.82) is 0 Å². The summed E-state index contributed by atoms with van der Waals surface area (Å²) in [6.07, 6.45) is 4.47. The van der Waals surface area contributed by atoms with Gasteiger partial charge >= 0.3 is 0 Å². The molecular formula is C26H34N2O5. The number of hydrogen-bond donors (Lipinski definition) is 2. The second-order valence-corrected chi connectivity index (χ2v) is 8.99. The molecule has 178 valence electrons. The SMILES string of the molecule is COc1cc([C@H]2[C@@H]3CCCC[C@]3(O)CCN2CC(=O)Nc2ccccc2)cc(OC)c1OC. The number of anilines is 1. The van der Waals surface area contributed by atoms with Gasteiger partial charge in [-0.2, -0.15) is 0 Å². The van der Waals surface area contributed by atoms with Crippen LogP contribution in [0.2, 0.25) is 0 Å². The van der Waals surface area contributed by atoms with E-state index >= 15 is 0 Å². The number of ether oxygens (including phenoxy) is 3. The molecule has 2 aliphatic rings. The van der Waals surface area contributed by atoms with Crippen LogP contribution in [0.5, 0.6) is 17.2 Å². The first-order chi connectivity index (χ1) is 16.0. The van der Waals surface area contributed by atoms with Crippen molar-refractivity contribution in [3.05, 3.63) is 48.0 Å². The molecule has 1 saturated carbocycles. The molecule has 1 aliphatic carbocycles. The van der Waals surface area contributed by atoms with Crippen molar-refractivity contribution in [3.8, 4) is 17.2 Å². The molecule has 33 heavy (non-hydrogen) atoms. The lowest BCUT2D eigenvalue weighted by Gasteiger charge is -2.52. The Morgan fingerprint density at radius 3 is 2.39 bits per heavy atom. The Balaban J connectivity index is 1.68. The first-order valence-electron chi connectivity index (χ1n) is 11.6. The number of carbonyl (C=O) groups excluding carboxylic acids is 1. The first kappa shape index (κ1) is 23.4. The second kappa shape index (κ2) is 10.0. The molecule has 0 unspecified atom stereocenters. The lowest BCUT2D eigenvalue weighted by molar-refractivity contribution is -0.135. The minimum absolute atomic E-state index is 0.0207. The summed E-state index contributed by atoms with van der Waals surface area (Å²) < 4.78 is 16.7. The van der Waals surface area contributed by atoms with E-state index in [1.165, 1.54) is 0 Å². The number of hydrogen-bond acceptors (Lipinski definition) is 6. The van der Waals surface area contributed by atoms with Gasteiger partial charge in [-0.3, -0.25) is 9.69 Å². The molecule has 7 nitrogen and oxygen atoms in total. The van der Waals surface area contributed by atoms with E-state index in [0.717, 1.165) is 36.9 Å². The topological polar surface area (TPSA) is 80.3 Å². The van der Waals surface area contributed by atoms with Gasteiger partial charge in [0.1, 0.15) is 0 Å². The van der Waals surface area contributed by atoms with Crippen LogP contribution >= 0.6 is 0 Å². The molecule has 2 aromatic carbocycles. The summed E-state index contributed by atoms with van der Waals surface area (Å²) >= 11 is 0. The molecule has 1 amide bonds. The Morgan fingerprint density at radius 1 is 1.06 bits per heavy atom. The number of rotatable bonds is 7.